The molecule has 1 saturated heterocycles. The van der Waals surface area contributed by atoms with Crippen LogP contribution in [0.4, 0.5) is 0 Å². The summed E-state index contributed by atoms with van der Waals surface area (Å²) < 4.78 is 0. The first-order chi connectivity index (χ1) is 4.24. The van der Waals surface area contributed by atoms with Crippen molar-refractivity contribution in [1.82, 2.24) is 10.6 Å². The van der Waals surface area contributed by atoms with Crippen LogP contribution in [0.2, 0.25) is 0 Å². The van der Waals surface area contributed by atoms with Crippen molar-refractivity contribution in [2.45, 2.75) is 25.9 Å². The normalized spacial score (nSPS) is 33.4. The van der Waals surface area contributed by atoms with Crippen LogP contribution in [0.15, 0.2) is 4.99 Å². The number of hydrogen-bond donors (Lipinski definition) is 2. The molecule has 2 N–H and O–H groups in total. The lowest BCUT2D eigenvalue weighted by atomic mass is 10.2. The summed E-state index contributed by atoms with van der Waals surface area (Å²) >= 11 is 0. The molecule has 1 fully saturated rings. The van der Waals surface area contributed by atoms with Gasteiger partial charge in [-0.1, -0.05) is 0 Å². The first kappa shape index (κ1) is 6.39. The van der Waals surface area contributed by atoms with Crippen molar-refractivity contribution in [3.05, 3.63) is 0 Å². The van der Waals surface area contributed by atoms with E-state index in [1.54, 1.807) is 7.05 Å². The maximum absolute atomic E-state index is 3.98. The third kappa shape index (κ3) is 1.15. The van der Waals surface area contributed by atoms with E-state index in [9.17, 15) is 0 Å². The van der Waals surface area contributed by atoms with Crippen LogP contribution in [0.5, 0.6) is 0 Å². The van der Waals surface area contributed by atoms with Crippen LogP contribution in [0.25, 0.3) is 0 Å². The van der Waals surface area contributed by atoms with E-state index in [4.69, 9.17) is 0 Å². The zero-order valence-electron chi connectivity index (χ0n) is 6.10. The van der Waals surface area contributed by atoms with Crippen molar-refractivity contribution in [2.24, 2.45) is 4.99 Å². The van der Waals surface area contributed by atoms with Gasteiger partial charge in [-0.05, 0) is 13.8 Å². The second-order valence-electron chi connectivity index (χ2n) is 2.44. The quantitative estimate of drug-likeness (QED) is 0.478. The Morgan fingerprint density at radius 2 is 1.67 bits per heavy atom. The molecule has 1 heterocycles. The van der Waals surface area contributed by atoms with Crippen LogP contribution >= 0.6 is 0 Å². The molecule has 2 atom stereocenters. The van der Waals surface area contributed by atoms with E-state index in [1.807, 2.05) is 0 Å². The molecular formula is C6H13N3. The maximum Gasteiger partial charge on any atom is 0.191 e. The third-order valence-corrected chi connectivity index (χ3v) is 1.70. The van der Waals surface area contributed by atoms with E-state index in [2.05, 4.69) is 29.5 Å². The molecule has 2 unspecified atom stereocenters. The van der Waals surface area contributed by atoms with E-state index in [1.165, 1.54) is 0 Å². The topological polar surface area (TPSA) is 36.4 Å². The highest BCUT2D eigenvalue weighted by Crippen LogP contribution is 1.97. The van der Waals surface area contributed by atoms with Crippen LogP contribution in [-0.2, 0) is 0 Å². The molecule has 0 radical (unpaired) electrons. The van der Waals surface area contributed by atoms with Crippen LogP contribution in [-0.4, -0.2) is 25.1 Å². The summed E-state index contributed by atoms with van der Waals surface area (Å²) in [4.78, 5) is 3.98. The van der Waals surface area contributed by atoms with E-state index in [-0.39, 0.29) is 0 Å². The van der Waals surface area contributed by atoms with Crippen molar-refractivity contribution in [2.75, 3.05) is 7.05 Å². The number of rotatable bonds is 0. The fraction of sp³-hybridized carbons (Fsp3) is 0.833. The van der Waals surface area contributed by atoms with Gasteiger partial charge in [-0.3, -0.25) is 4.99 Å². The Morgan fingerprint density at radius 3 is 1.89 bits per heavy atom. The number of nitrogens with one attached hydrogen (secondary N) is 2. The summed E-state index contributed by atoms with van der Waals surface area (Å²) in [6, 6.07) is 1.01. The molecule has 0 saturated carbocycles. The molecule has 0 aromatic rings. The molecule has 1 aliphatic rings. The Morgan fingerprint density at radius 1 is 1.22 bits per heavy atom. The molecule has 52 valence electrons. The molecule has 0 aromatic heterocycles. The predicted octanol–water partition coefficient (Wildman–Crippen LogP) is -0.0580. The Hall–Kier alpha value is -0.730. The average molecular weight is 127 g/mol. The fourth-order valence-electron chi connectivity index (χ4n) is 0.852. The molecule has 0 bridgehead atoms. The first-order valence-electron chi connectivity index (χ1n) is 3.24. The van der Waals surface area contributed by atoms with Gasteiger partial charge in [0.15, 0.2) is 5.96 Å². The standard InChI is InChI=1S/C6H13N3/c1-4-5(2)9-6(7-3)8-4/h4-5H,1-3H3,(H2,7,8,9). The van der Waals surface area contributed by atoms with Gasteiger partial charge in [0.2, 0.25) is 0 Å². The molecule has 1 aliphatic heterocycles. The van der Waals surface area contributed by atoms with E-state index >= 15 is 0 Å². The van der Waals surface area contributed by atoms with Gasteiger partial charge in [0, 0.05) is 19.1 Å². The van der Waals surface area contributed by atoms with Gasteiger partial charge in [0.05, 0.1) is 0 Å². The Labute approximate surface area is 55.6 Å². The Kier molecular flexibility index (Phi) is 1.60. The fourth-order valence-corrected chi connectivity index (χ4v) is 0.852. The summed E-state index contributed by atoms with van der Waals surface area (Å²) in [6.07, 6.45) is 0. The second-order valence-corrected chi connectivity index (χ2v) is 2.44. The molecule has 0 amide bonds. The zero-order chi connectivity index (χ0) is 6.85. The lowest BCUT2D eigenvalue weighted by Crippen LogP contribution is -2.26. The van der Waals surface area contributed by atoms with Gasteiger partial charge in [-0.15, -0.1) is 0 Å². The third-order valence-electron chi connectivity index (χ3n) is 1.70. The predicted molar refractivity (Wildman–Crippen MR) is 38.6 cm³/mol. The van der Waals surface area contributed by atoms with Gasteiger partial charge in [-0.2, -0.15) is 0 Å². The first-order valence-corrected chi connectivity index (χ1v) is 3.24. The zero-order valence-corrected chi connectivity index (χ0v) is 6.10. The van der Waals surface area contributed by atoms with E-state index in [0.717, 1.165) is 5.96 Å². The molecular weight excluding hydrogens is 114 g/mol. The van der Waals surface area contributed by atoms with Crippen LogP contribution in [0.1, 0.15) is 13.8 Å². The average Bonchev–Trinajstić information content (AvgIpc) is 2.13. The van der Waals surface area contributed by atoms with Gasteiger partial charge < -0.3 is 10.6 Å². The largest absolute Gasteiger partial charge is 0.352 e. The minimum absolute atomic E-state index is 0.503. The number of hydrogen-bond acceptors (Lipinski definition) is 1. The minimum Gasteiger partial charge on any atom is -0.352 e. The number of guanidine groups is 1. The lowest BCUT2D eigenvalue weighted by molar-refractivity contribution is 0.583. The van der Waals surface area contributed by atoms with Crippen molar-refractivity contribution >= 4 is 5.96 Å². The van der Waals surface area contributed by atoms with Crippen LogP contribution < -0.4 is 10.6 Å². The molecule has 9 heavy (non-hydrogen) atoms. The molecule has 0 aromatic carbocycles. The Balaban J connectivity index is 2.54. The maximum atomic E-state index is 3.98. The van der Waals surface area contributed by atoms with E-state index in [0.29, 0.717) is 12.1 Å². The van der Waals surface area contributed by atoms with Gasteiger partial charge in [0.1, 0.15) is 0 Å². The minimum atomic E-state index is 0.503. The van der Waals surface area contributed by atoms with Crippen molar-refractivity contribution in [3.8, 4) is 0 Å². The second kappa shape index (κ2) is 2.25. The van der Waals surface area contributed by atoms with Gasteiger partial charge in [-0.25, -0.2) is 0 Å². The molecule has 3 heteroatoms. The Bertz CT molecular complexity index is 118. The summed E-state index contributed by atoms with van der Waals surface area (Å²) in [5.74, 6) is 0.912. The summed E-state index contributed by atoms with van der Waals surface area (Å²) in [6.45, 7) is 4.27. The van der Waals surface area contributed by atoms with Crippen LogP contribution in [0.3, 0.4) is 0 Å². The smallest absolute Gasteiger partial charge is 0.191 e. The highest BCUT2D eigenvalue weighted by molar-refractivity contribution is 5.82. The number of nitrogens with zero attached hydrogens (tertiary/aromatic N) is 1. The number of aliphatic imine (C=N–C) groups is 1. The van der Waals surface area contributed by atoms with Gasteiger partial charge in [0.25, 0.3) is 0 Å². The molecule has 0 spiro atoms. The van der Waals surface area contributed by atoms with Crippen molar-refractivity contribution in [1.29, 1.82) is 0 Å². The SMILES string of the molecule is CN=C1NC(C)C(C)N1. The van der Waals surface area contributed by atoms with Crippen LogP contribution in [0, 0.1) is 0 Å². The molecule has 0 aliphatic carbocycles. The molecule has 3 nitrogen and oxygen atoms in total. The lowest BCUT2D eigenvalue weighted by Gasteiger charge is -2.04. The summed E-state index contributed by atoms with van der Waals surface area (Å²) in [7, 11) is 1.78. The van der Waals surface area contributed by atoms with Crippen molar-refractivity contribution < 1.29 is 0 Å². The molecule has 1 rings (SSSR count). The van der Waals surface area contributed by atoms with E-state index < -0.39 is 0 Å². The highest BCUT2D eigenvalue weighted by atomic mass is 15.3. The highest BCUT2D eigenvalue weighted by Gasteiger charge is 2.20. The van der Waals surface area contributed by atoms with Crippen molar-refractivity contribution in [3.63, 3.8) is 0 Å². The summed E-state index contributed by atoms with van der Waals surface area (Å²) in [5, 5.41) is 6.38. The van der Waals surface area contributed by atoms with Gasteiger partial charge >= 0.3 is 0 Å². The summed E-state index contributed by atoms with van der Waals surface area (Å²) in [5.41, 5.74) is 0. The monoisotopic (exact) mass is 127 g/mol.